The van der Waals surface area contributed by atoms with Crippen molar-refractivity contribution in [2.24, 2.45) is 23.5 Å². The molecule has 0 saturated heterocycles. The largest absolute Gasteiger partial charge is 0.392 e. The molecule has 0 heterocycles. The highest BCUT2D eigenvalue weighted by molar-refractivity contribution is 6.30. The fourth-order valence-corrected chi connectivity index (χ4v) is 4.49. The van der Waals surface area contributed by atoms with Crippen molar-refractivity contribution in [3.8, 4) is 0 Å². The van der Waals surface area contributed by atoms with E-state index < -0.39 is 0 Å². The zero-order valence-electron chi connectivity index (χ0n) is 11.8. The van der Waals surface area contributed by atoms with Crippen LogP contribution in [0.25, 0.3) is 0 Å². The second-order valence-electron chi connectivity index (χ2n) is 6.63. The minimum Gasteiger partial charge on any atom is -0.392 e. The topological polar surface area (TPSA) is 46.2 Å². The van der Waals surface area contributed by atoms with Gasteiger partial charge in [0.15, 0.2) is 0 Å². The van der Waals surface area contributed by atoms with E-state index in [1.165, 1.54) is 25.7 Å². The van der Waals surface area contributed by atoms with Crippen molar-refractivity contribution in [1.29, 1.82) is 0 Å². The van der Waals surface area contributed by atoms with Crippen molar-refractivity contribution in [3.63, 3.8) is 0 Å². The molecule has 1 aromatic rings. The van der Waals surface area contributed by atoms with Crippen molar-refractivity contribution in [2.45, 2.75) is 44.1 Å². The van der Waals surface area contributed by atoms with Gasteiger partial charge in [0.2, 0.25) is 0 Å². The van der Waals surface area contributed by atoms with Crippen molar-refractivity contribution in [1.82, 2.24) is 0 Å². The van der Waals surface area contributed by atoms with E-state index in [-0.39, 0.29) is 12.0 Å². The Hall–Kier alpha value is -0.570. The lowest BCUT2D eigenvalue weighted by molar-refractivity contribution is 0.101. The van der Waals surface area contributed by atoms with Gasteiger partial charge in [-0.3, -0.25) is 0 Å². The number of halogens is 1. The molecule has 0 aromatic heterocycles. The molecule has 1 aromatic carbocycles. The van der Waals surface area contributed by atoms with Gasteiger partial charge in [-0.25, -0.2) is 0 Å². The molecule has 20 heavy (non-hydrogen) atoms. The number of benzene rings is 1. The third kappa shape index (κ3) is 2.88. The van der Waals surface area contributed by atoms with Gasteiger partial charge in [-0.05, 0) is 61.1 Å². The predicted octanol–water partition coefficient (Wildman–Crippen LogP) is 3.57. The van der Waals surface area contributed by atoms with Crippen LogP contribution in [-0.4, -0.2) is 17.8 Å². The van der Waals surface area contributed by atoms with E-state index in [0.29, 0.717) is 12.5 Å². The molecule has 0 spiro atoms. The molecule has 3 N–H and O–H groups in total. The summed E-state index contributed by atoms with van der Waals surface area (Å²) in [7, 11) is 0. The van der Waals surface area contributed by atoms with Crippen molar-refractivity contribution in [3.05, 3.63) is 34.9 Å². The molecule has 2 fully saturated rings. The third-order valence-corrected chi connectivity index (χ3v) is 5.70. The summed E-state index contributed by atoms with van der Waals surface area (Å²) >= 11 is 5.93. The van der Waals surface area contributed by atoms with Crippen molar-refractivity contribution < 1.29 is 5.11 Å². The predicted molar refractivity (Wildman–Crippen MR) is 82.8 cm³/mol. The summed E-state index contributed by atoms with van der Waals surface area (Å²) in [5, 5.41) is 11.3. The molecular formula is C17H24ClNO. The molecule has 0 aliphatic heterocycles. The molecule has 2 bridgehead atoms. The summed E-state index contributed by atoms with van der Waals surface area (Å²) in [4.78, 5) is 0. The van der Waals surface area contributed by atoms with Gasteiger partial charge in [-0.2, -0.15) is 0 Å². The van der Waals surface area contributed by atoms with E-state index >= 15 is 0 Å². The second kappa shape index (κ2) is 6.05. The summed E-state index contributed by atoms with van der Waals surface area (Å²) < 4.78 is 0. The van der Waals surface area contributed by atoms with Crippen LogP contribution >= 0.6 is 11.6 Å². The minimum absolute atomic E-state index is 0.0337. The zero-order valence-corrected chi connectivity index (χ0v) is 12.6. The van der Waals surface area contributed by atoms with Gasteiger partial charge < -0.3 is 10.8 Å². The molecule has 2 saturated carbocycles. The van der Waals surface area contributed by atoms with Crippen LogP contribution in [0.15, 0.2) is 24.3 Å². The normalized spacial score (nSPS) is 31.4. The molecule has 110 valence electrons. The Morgan fingerprint density at radius 1 is 1.20 bits per heavy atom. The van der Waals surface area contributed by atoms with Gasteiger partial charge in [-0.15, -0.1) is 0 Å². The molecule has 0 amide bonds. The van der Waals surface area contributed by atoms with Crippen LogP contribution in [0.4, 0.5) is 0 Å². The molecule has 2 nitrogen and oxygen atoms in total. The number of hydrogen-bond donors (Lipinski definition) is 2. The first-order valence-electron chi connectivity index (χ1n) is 7.81. The van der Waals surface area contributed by atoms with Crippen molar-refractivity contribution >= 4 is 11.6 Å². The zero-order chi connectivity index (χ0) is 14.1. The summed E-state index contributed by atoms with van der Waals surface area (Å²) in [6, 6.07) is 7.74. The Bertz CT molecular complexity index is 447. The van der Waals surface area contributed by atoms with Gasteiger partial charge in [-0.1, -0.05) is 30.2 Å². The Balaban J connectivity index is 1.65. The molecule has 2 aliphatic rings. The Kier molecular flexibility index (Phi) is 4.34. The highest BCUT2D eigenvalue weighted by Crippen LogP contribution is 2.50. The molecule has 5 unspecified atom stereocenters. The maximum absolute atomic E-state index is 10.6. The molecular weight excluding hydrogens is 270 g/mol. The number of aliphatic hydroxyl groups is 1. The minimum atomic E-state index is -0.328. The van der Waals surface area contributed by atoms with Crippen LogP contribution in [0.2, 0.25) is 5.02 Å². The van der Waals surface area contributed by atoms with Crippen LogP contribution in [-0.2, 0) is 0 Å². The number of rotatable bonds is 5. The number of hydrogen-bond acceptors (Lipinski definition) is 2. The SMILES string of the molecule is NCC(c1ccc(Cl)cc1)C(O)CC1CC2CCC1C2. The highest BCUT2D eigenvalue weighted by Gasteiger charge is 2.40. The lowest BCUT2D eigenvalue weighted by Gasteiger charge is -2.28. The van der Waals surface area contributed by atoms with Gasteiger partial charge in [0.05, 0.1) is 6.10 Å². The van der Waals surface area contributed by atoms with Crippen LogP contribution in [0.3, 0.4) is 0 Å². The van der Waals surface area contributed by atoms with E-state index in [9.17, 15) is 5.11 Å². The van der Waals surface area contributed by atoms with Gasteiger partial charge in [0, 0.05) is 17.5 Å². The van der Waals surface area contributed by atoms with Gasteiger partial charge >= 0.3 is 0 Å². The average molecular weight is 294 g/mol. The number of aliphatic hydroxyl groups excluding tert-OH is 1. The molecule has 3 heteroatoms. The second-order valence-corrected chi connectivity index (χ2v) is 7.07. The number of nitrogens with two attached hydrogens (primary N) is 1. The maximum atomic E-state index is 10.6. The first-order chi connectivity index (χ1) is 9.67. The highest BCUT2D eigenvalue weighted by atomic mass is 35.5. The smallest absolute Gasteiger partial charge is 0.0623 e. The molecule has 0 radical (unpaired) electrons. The quantitative estimate of drug-likeness (QED) is 0.872. The Morgan fingerprint density at radius 3 is 2.50 bits per heavy atom. The fourth-order valence-electron chi connectivity index (χ4n) is 4.36. The van der Waals surface area contributed by atoms with E-state index in [4.69, 9.17) is 17.3 Å². The average Bonchev–Trinajstić information content (AvgIpc) is 3.04. The van der Waals surface area contributed by atoms with Crippen LogP contribution < -0.4 is 5.73 Å². The third-order valence-electron chi connectivity index (χ3n) is 5.45. The Labute approximate surface area is 126 Å². The summed E-state index contributed by atoms with van der Waals surface area (Å²) in [5.74, 6) is 2.54. The first kappa shape index (κ1) is 14.4. The Morgan fingerprint density at radius 2 is 1.95 bits per heavy atom. The van der Waals surface area contributed by atoms with Crippen LogP contribution in [0.5, 0.6) is 0 Å². The van der Waals surface area contributed by atoms with E-state index in [1.54, 1.807) is 0 Å². The lowest BCUT2D eigenvalue weighted by Crippen LogP contribution is -2.29. The summed E-state index contributed by atoms with van der Waals surface area (Å²) in [6.07, 6.45) is 6.08. The standard InChI is InChI=1S/C17H24ClNO/c18-15-5-3-12(4-6-15)16(10-19)17(20)9-14-8-11-1-2-13(14)7-11/h3-6,11,13-14,16-17,20H,1-2,7-10,19H2. The van der Waals surface area contributed by atoms with E-state index in [1.807, 2.05) is 24.3 Å². The first-order valence-corrected chi connectivity index (χ1v) is 8.18. The lowest BCUT2D eigenvalue weighted by atomic mass is 9.80. The molecule has 5 atom stereocenters. The van der Waals surface area contributed by atoms with Crippen LogP contribution in [0, 0.1) is 17.8 Å². The van der Waals surface area contributed by atoms with E-state index in [0.717, 1.165) is 28.8 Å². The molecule has 3 rings (SSSR count). The summed E-state index contributed by atoms with van der Waals surface area (Å²) in [6.45, 7) is 0.490. The van der Waals surface area contributed by atoms with Gasteiger partial charge in [0.1, 0.15) is 0 Å². The van der Waals surface area contributed by atoms with E-state index in [2.05, 4.69) is 0 Å². The fraction of sp³-hybridized carbons (Fsp3) is 0.647. The van der Waals surface area contributed by atoms with Crippen LogP contribution in [0.1, 0.15) is 43.6 Å². The number of fused-ring (bicyclic) bond motifs is 2. The maximum Gasteiger partial charge on any atom is 0.0623 e. The van der Waals surface area contributed by atoms with Gasteiger partial charge in [0.25, 0.3) is 0 Å². The molecule has 2 aliphatic carbocycles. The monoisotopic (exact) mass is 293 g/mol. The summed E-state index contributed by atoms with van der Waals surface area (Å²) in [5.41, 5.74) is 7.01. The van der Waals surface area contributed by atoms with Crippen molar-refractivity contribution in [2.75, 3.05) is 6.54 Å².